The zero-order chi connectivity index (χ0) is 20.2. The van der Waals surface area contributed by atoms with Gasteiger partial charge in [0.25, 0.3) is 0 Å². The molecular weight excluding hydrogens is 336 g/mol. The van der Waals surface area contributed by atoms with Crippen molar-refractivity contribution in [2.24, 2.45) is 46.3 Å². The van der Waals surface area contributed by atoms with E-state index in [0.717, 1.165) is 11.8 Å². The molecule has 4 aliphatic rings. The Balaban J connectivity index is 1.70. The summed E-state index contributed by atoms with van der Waals surface area (Å²) >= 11 is 0. The van der Waals surface area contributed by atoms with Crippen LogP contribution in [0.1, 0.15) is 87.5 Å². The normalized spacial score (nSPS) is 37.7. The Hall–Kier alpha value is -0.570. The molecule has 0 radical (unpaired) electrons. The van der Waals surface area contributed by atoms with Crippen molar-refractivity contribution >= 4 is 5.97 Å². The predicted molar refractivity (Wildman–Crippen MR) is 109 cm³/mol. The molecule has 1 unspecified atom stereocenters. The van der Waals surface area contributed by atoms with Crippen LogP contribution in [0.15, 0.2) is 0 Å². The van der Waals surface area contributed by atoms with Gasteiger partial charge in [0.1, 0.15) is 0 Å². The van der Waals surface area contributed by atoms with Crippen molar-refractivity contribution in [1.82, 2.24) is 0 Å². The van der Waals surface area contributed by atoms with E-state index in [1.807, 2.05) is 6.92 Å². The third-order valence-corrected chi connectivity index (χ3v) is 8.95. The fourth-order valence-electron chi connectivity index (χ4n) is 7.01. The van der Waals surface area contributed by atoms with Gasteiger partial charge in [0.15, 0.2) is 6.79 Å². The summed E-state index contributed by atoms with van der Waals surface area (Å²) < 4.78 is 12.4. The van der Waals surface area contributed by atoms with Crippen LogP contribution in [-0.2, 0) is 14.3 Å². The van der Waals surface area contributed by atoms with Gasteiger partial charge in [-0.3, -0.25) is 4.79 Å². The molecule has 27 heavy (non-hydrogen) atoms. The Morgan fingerprint density at radius 2 is 1.41 bits per heavy atom. The van der Waals surface area contributed by atoms with E-state index in [-0.39, 0.29) is 29.7 Å². The van der Waals surface area contributed by atoms with Crippen molar-refractivity contribution in [2.75, 3.05) is 6.79 Å². The van der Waals surface area contributed by atoms with E-state index in [2.05, 4.69) is 48.5 Å². The van der Waals surface area contributed by atoms with E-state index in [1.54, 1.807) is 0 Å². The minimum Gasteiger partial charge on any atom is -0.438 e. The van der Waals surface area contributed by atoms with E-state index in [9.17, 15) is 4.79 Å². The van der Waals surface area contributed by atoms with E-state index in [0.29, 0.717) is 17.8 Å². The first-order chi connectivity index (χ1) is 12.4. The second kappa shape index (κ2) is 7.04. The summed E-state index contributed by atoms with van der Waals surface area (Å²) in [6, 6.07) is 0. The van der Waals surface area contributed by atoms with Gasteiger partial charge in [0.05, 0.1) is 11.0 Å². The predicted octanol–water partition coefficient (Wildman–Crippen LogP) is 6.06. The van der Waals surface area contributed by atoms with Crippen LogP contribution in [-0.4, -0.2) is 18.4 Å². The standard InChI is InChI=1S/C24H42O3/c1-15(2)23(8,22(5,6)7)21(25)26-14-27-24(16(3)4)19-10-17-9-18(12-19)13-20(24)11-17/h15-20H,9-14H2,1-8H3. The van der Waals surface area contributed by atoms with Crippen LogP contribution < -0.4 is 0 Å². The van der Waals surface area contributed by atoms with Gasteiger partial charge in [-0.25, -0.2) is 0 Å². The lowest BCUT2D eigenvalue weighted by atomic mass is 9.47. The molecule has 3 heteroatoms. The number of ether oxygens (including phenoxy) is 2. The average molecular weight is 379 g/mol. The molecule has 4 rings (SSSR count). The molecule has 0 N–H and O–H groups in total. The molecule has 0 amide bonds. The third kappa shape index (κ3) is 3.26. The fraction of sp³-hybridized carbons (Fsp3) is 0.958. The first kappa shape index (κ1) is 21.1. The van der Waals surface area contributed by atoms with Crippen molar-refractivity contribution < 1.29 is 14.3 Å². The Kier molecular flexibility index (Phi) is 5.51. The maximum Gasteiger partial charge on any atom is 0.314 e. The van der Waals surface area contributed by atoms with Gasteiger partial charge >= 0.3 is 5.97 Å². The van der Waals surface area contributed by atoms with E-state index in [1.165, 1.54) is 32.1 Å². The number of carbonyl (C=O) groups is 1. The molecular formula is C24H42O3. The second-order valence-electron chi connectivity index (χ2n) is 11.6. The van der Waals surface area contributed by atoms with Gasteiger partial charge < -0.3 is 9.47 Å². The van der Waals surface area contributed by atoms with E-state index in [4.69, 9.17) is 9.47 Å². The molecule has 0 aliphatic heterocycles. The van der Waals surface area contributed by atoms with Gasteiger partial charge in [-0.2, -0.15) is 0 Å². The van der Waals surface area contributed by atoms with Crippen LogP contribution in [0.4, 0.5) is 0 Å². The molecule has 0 aromatic heterocycles. The molecule has 1 atom stereocenters. The van der Waals surface area contributed by atoms with Gasteiger partial charge in [-0.1, -0.05) is 48.5 Å². The van der Waals surface area contributed by atoms with Crippen LogP contribution in [0.2, 0.25) is 0 Å². The van der Waals surface area contributed by atoms with Crippen LogP contribution >= 0.6 is 0 Å². The lowest BCUT2D eigenvalue weighted by molar-refractivity contribution is -0.260. The molecule has 0 saturated heterocycles. The summed E-state index contributed by atoms with van der Waals surface area (Å²) in [6.07, 6.45) is 6.68. The molecule has 0 aromatic rings. The van der Waals surface area contributed by atoms with E-state index < -0.39 is 5.41 Å². The minimum absolute atomic E-state index is 0.0936. The van der Waals surface area contributed by atoms with Gasteiger partial charge in [-0.15, -0.1) is 0 Å². The highest BCUT2D eigenvalue weighted by Crippen LogP contribution is 2.61. The quantitative estimate of drug-likeness (QED) is 0.416. The number of rotatable bonds is 6. The number of hydrogen-bond donors (Lipinski definition) is 0. The van der Waals surface area contributed by atoms with Gasteiger partial charge in [0, 0.05) is 0 Å². The van der Waals surface area contributed by atoms with E-state index >= 15 is 0 Å². The monoisotopic (exact) mass is 378 g/mol. The maximum atomic E-state index is 13.1. The summed E-state index contributed by atoms with van der Waals surface area (Å²) in [7, 11) is 0. The third-order valence-electron chi connectivity index (χ3n) is 8.95. The first-order valence-corrected chi connectivity index (χ1v) is 11.2. The molecule has 4 saturated carbocycles. The van der Waals surface area contributed by atoms with Crippen LogP contribution in [0.3, 0.4) is 0 Å². The SMILES string of the molecule is CC(C)C1(OCOC(=O)C(C)(C(C)C)C(C)(C)C)C2CC3CC(C2)CC1C3. The minimum atomic E-state index is -0.522. The molecule has 4 fully saturated rings. The van der Waals surface area contributed by atoms with Crippen molar-refractivity contribution in [2.45, 2.75) is 93.1 Å². The number of hydrogen-bond acceptors (Lipinski definition) is 3. The maximum absolute atomic E-state index is 13.1. The Morgan fingerprint density at radius 1 is 0.926 bits per heavy atom. The molecule has 156 valence electrons. The van der Waals surface area contributed by atoms with Crippen LogP contribution in [0.5, 0.6) is 0 Å². The molecule has 0 heterocycles. The lowest BCUT2D eigenvalue weighted by Gasteiger charge is -2.62. The van der Waals surface area contributed by atoms with Crippen molar-refractivity contribution in [3.8, 4) is 0 Å². The summed E-state index contributed by atoms with van der Waals surface area (Å²) in [5.74, 6) is 3.67. The van der Waals surface area contributed by atoms with Crippen molar-refractivity contribution in [1.29, 1.82) is 0 Å². The largest absolute Gasteiger partial charge is 0.438 e. The van der Waals surface area contributed by atoms with Crippen LogP contribution in [0, 0.1) is 46.3 Å². The molecule has 4 aliphatic carbocycles. The first-order valence-electron chi connectivity index (χ1n) is 11.2. The summed E-state index contributed by atoms with van der Waals surface area (Å²) in [5.41, 5.74) is -0.772. The lowest BCUT2D eigenvalue weighted by Crippen LogP contribution is -2.62. The van der Waals surface area contributed by atoms with Crippen molar-refractivity contribution in [3.05, 3.63) is 0 Å². The zero-order valence-electron chi connectivity index (χ0n) is 18.9. The summed E-state index contributed by atoms with van der Waals surface area (Å²) in [4.78, 5) is 13.1. The van der Waals surface area contributed by atoms with Crippen molar-refractivity contribution in [3.63, 3.8) is 0 Å². The fourth-order valence-corrected chi connectivity index (χ4v) is 7.01. The Bertz CT molecular complexity index is 528. The topological polar surface area (TPSA) is 35.5 Å². The highest BCUT2D eigenvalue weighted by Gasteiger charge is 2.59. The molecule has 3 nitrogen and oxygen atoms in total. The smallest absolute Gasteiger partial charge is 0.314 e. The van der Waals surface area contributed by atoms with Crippen LogP contribution in [0.25, 0.3) is 0 Å². The zero-order valence-corrected chi connectivity index (χ0v) is 18.9. The Morgan fingerprint density at radius 3 is 1.78 bits per heavy atom. The Labute approximate surface area is 167 Å². The molecule has 0 aromatic carbocycles. The molecule has 4 bridgehead atoms. The van der Waals surface area contributed by atoms with Gasteiger partial charge in [-0.05, 0) is 80.0 Å². The molecule has 0 spiro atoms. The number of esters is 1. The highest BCUT2D eigenvalue weighted by molar-refractivity contribution is 5.77. The highest BCUT2D eigenvalue weighted by atomic mass is 16.7. The average Bonchev–Trinajstić information content (AvgIpc) is 2.54. The van der Waals surface area contributed by atoms with Gasteiger partial charge in [0.2, 0.25) is 0 Å². The summed E-state index contributed by atoms with van der Waals surface area (Å²) in [5, 5.41) is 0. The summed E-state index contributed by atoms with van der Waals surface area (Å²) in [6.45, 7) is 17.4. The number of carbonyl (C=O) groups excluding carboxylic acids is 1. The second-order valence-corrected chi connectivity index (χ2v) is 11.6.